The number of aromatic nitrogens is 2. The van der Waals surface area contributed by atoms with Crippen molar-refractivity contribution in [2.24, 2.45) is 0 Å². The summed E-state index contributed by atoms with van der Waals surface area (Å²) in [6.07, 6.45) is 7.08. The third kappa shape index (κ3) is 3.59. The molecule has 7 heteroatoms. The predicted molar refractivity (Wildman–Crippen MR) is 82.7 cm³/mol. The maximum Gasteiger partial charge on any atom is 0.329 e. The van der Waals surface area contributed by atoms with Gasteiger partial charge in [-0.1, -0.05) is 19.3 Å². The van der Waals surface area contributed by atoms with Crippen molar-refractivity contribution >= 4 is 17.5 Å². The number of hydrogen-bond donors (Lipinski definition) is 1. The van der Waals surface area contributed by atoms with E-state index in [1.807, 2.05) is 13.8 Å². The molecule has 0 saturated heterocycles. The fourth-order valence-corrected chi connectivity index (χ4v) is 2.92. The Kier molecular flexibility index (Phi) is 5.30. The average Bonchev–Trinajstić information content (AvgIpc) is 2.49. The molecule has 0 unspecified atom stereocenters. The van der Waals surface area contributed by atoms with Gasteiger partial charge < -0.3 is 10.2 Å². The molecule has 116 valence electrons. The van der Waals surface area contributed by atoms with Crippen molar-refractivity contribution in [2.75, 3.05) is 23.3 Å². The van der Waals surface area contributed by atoms with E-state index in [4.69, 9.17) is 0 Å². The second-order valence-electron chi connectivity index (χ2n) is 5.27. The van der Waals surface area contributed by atoms with Crippen molar-refractivity contribution in [1.82, 2.24) is 9.97 Å². The van der Waals surface area contributed by atoms with E-state index < -0.39 is 4.92 Å². The Bertz CT molecular complexity index is 488. The molecule has 21 heavy (non-hydrogen) atoms. The lowest BCUT2D eigenvalue weighted by Gasteiger charge is -2.34. The van der Waals surface area contributed by atoms with E-state index in [1.165, 1.54) is 25.5 Å². The van der Waals surface area contributed by atoms with Crippen LogP contribution in [0.15, 0.2) is 6.20 Å². The normalized spacial score (nSPS) is 15.7. The Morgan fingerprint density at radius 2 is 2.10 bits per heavy atom. The SMILES string of the molecule is CCNc1ncc([N+](=O)[O-])c(N(CC)C2CCCCC2)n1. The molecular formula is C14H23N5O2. The number of rotatable bonds is 6. The molecule has 0 atom stereocenters. The van der Waals surface area contributed by atoms with Gasteiger partial charge in [-0.2, -0.15) is 4.98 Å². The van der Waals surface area contributed by atoms with Gasteiger partial charge in [0.1, 0.15) is 6.20 Å². The van der Waals surface area contributed by atoms with E-state index in [1.54, 1.807) is 0 Å². The fourth-order valence-electron chi connectivity index (χ4n) is 2.92. The van der Waals surface area contributed by atoms with Crippen molar-refractivity contribution in [1.29, 1.82) is 0 Å². The lowest BCUT2D eigenvalue weighted by Crippen LogP contribution is -2.37. The predicted octanol–water partition coefficient (Wildman–Crippen LogP) is 2.98. The Balaban J connectivity index is 2.36. The second-order valence-corrected chi connectivity index (χ2v) is 5.27. The van der Waals surface area contributed by atoms with Crippen LogP contribution < -0.4 is 10.2 Å². The van der Waals surface area contributed by atoms with E-state index in [-0.39, 0.29) is 5.69 Å². The molecule has 1 saturated carbocycles. The van der Waals surface area contributed by atoms with Crippen LogP contribution in [0.25, 0.3) is 0 Å². The molecule has 0 aromatic carbocycles. The van der Waals surface area contributed by atoms with E-state index in [2.05, 4.69) is 20.2 Å². The number of anilines is 2. The maximum absolute atomic E-state index is 11.3. The Morgan fingerprint density at radius 1 is 1.38 bits per heavy atom. The van der Waals surface area contributed by atoms with E-state index in [9.17, 15) is 10.1 Å². The van der Waals surface area contributed by atoms with Crippen LogP contribution in [0.1, 0.15) is 46.0 Å². The standard InChI is InChI=1S/C14H23N5O2/c1-3-15-14-16-10-12(19(20)21)13(17-14)18(4-2)11-8-6-5-7-9-11/h10-11H,3-9H2,1-2H3,(H,15,16,17). The summed E-state index contributed by atoms with van der Waals surface area (Å²) < 4.78 is 0. The molecule has 1 heterocycles. The molecule has 0 amide bonds. The summed E-state index contributed by atoms with van der Waals surface area (Å²) >= 11 is 0. The molecule has 2 rings (SSSR count). The first-order valence-corrected chi connectivity index (χ1v) is 7.69. The van der Waals surface area contributed by atoms with Crippen molar-refractivity contribution in [3.8, 4) is 0 Å². The summed E-state index contributed by atoms with van der Waals surface area (Å²) in [7, 11) is 0. The van der Waals surface area contributed by atoms with Gasteiger partial charge >= 0.3 is 5.69 Å². The zero-order valence-electron chi connectivity index (χ0n) is 12.7. The number of nitrogens with one attached hydrogen (secondary N) is 1. The summed E-state index contributed by atoms with van der Waals surface area (Å²) in [6, 6.07) is 0.340. The van der Waals surface area contributed by atoms with Crippen LogP contribution in [0.3, 0.4) is 0 Å². The molecule has 1 aliphatic carbocycles. The van der Waals surface area contributed by atoms with Crippen molar-refractivity contribution in [3.05, 3.63) is 16.3 Å². The van der Waals surface area contributed by atoms with E-state index in [0.717, 1.165) is 12.8 Å². The molecule has 0 spiro atoms. The Labute approximate surface area is 124 Å². The smallest absolute Gasteiger partial charge is 0.329 e. The van der Waals surface area contributed by atoms with Gasteiger partial charge in [-0.15, -0.1) is 0 Å². The highest BCUT2D eigenvalue weighted by Gasteiger charge is 2.28. The molecule has 1 fully saturated rings. The van der Waals surface area contributed by atoms with Crippen LogP contribution in [0.5, 0.6) is 0 Å². The topological polar surface area (TPSA) is 84.2 Å². The summed E-state index contributed by atoms with van der Waals surface area (Å²) in [5.41, 5.74) is -0.0101. The quantitative estimate of drug-likeness (QED) is 0.641. The highest BCUT2D eigenvalue weighted by atomic mass is 16.6. The minimum atomic E-state index is -0.392. The Morgan fingerprint density at radius 3 is 2.67 bits per heavy atom. The van der Waals surface area contributed by atoms with Gasteiger partial charge in [0, 0.05) is 19.1 Å². The van der Waals surface area contributed by atoms with Gasteiger partial charge in [-0.25, -0.2) is 4.98 Å². The van der Waals surface area contributed by atoms with Gasteiger partial charge in [-0.3, -0.25) is 10.1 Å². The van der Waals surface area contributed by atoms with Crippen LogP contribution in [-0.2, 0) is 0 Å². The highest BCUT2D eigenvalue weighted by Crippen LogP contribution is 2.32. The van der Waals surface area contributed by atoms with Crippen LogP contribution in [0.2, 0.25) is 0 Å². The van der Waals surface area contributed by atoms with Gasteiger partial charge in [0.2, 0.25) is 11.8 Å². The van der Waals surface area contributed by atoms with E-state index in [0.29, 0.717) is 30.9 Å². The highest BCUT2D eigenvalue weighted by molar-refractivity contribution is 5.59. The molecule has 1 N–H and O–H groups in total. The molecular weight excluding hydrogens is 270 g/mol. The number of nitrogens with zero attached hydrogens (tertiary/aromatic N) is 4. The first kappa shape index (κ1) is 15.5. The molecule has 0 aliphatic heterocycles. The Hall–Kier alpha value is -1.92. The van der Waals surface area contributed by atoms with Gasteiger partial charge in [0.05, 0.1) is 4.92 Å². The summed E-state index contributed by atoms with van der Waals surface area (Å²) in [6.45, 7) is 5.37. The molecule has 1 aliphatic rings. The minimum Gasteiger partial charge on any atom is -0.354 e. The van der Waals surface area contributed by atoms with Crippen LogP contribution in [0, 0.1) is 10.1 Å². The van der Waals surface area contributed by atoms with Gasteiger partial charge in [-0.05, 0) is 26.7 Å². The van der Waals surface area contributed by atoms with E-state index >= 15 is 0 Å². The van der Waals surface area contributed by atoms with Crippen molar-refractivity contribution in [2.45, 2.75) is 52.0 Å². The van der Waals surface area contributed by atoms with Crippen molar-refractivity contribution in [3.63, 3.8) is 0 Å². The van der Waals surface area contributed by atoms with Crippen LogP contribution in [-0.4, -0.2) is 34.0 Å². The third-order valence-electron chi connectivity index (χ3n) is 3.91. The second kappa shape index (κ2) is 7.19. The summed E-state index contributed by atoms with van der Waals surface area (Å²) in [5, 5.41) is 14.3. The number of hydrogen-bond acceptors (Lipinski definition) is 6. The minimum absolute atomic E-state index is 0.0101. The summed E-state index contributed by atoms with van der Waals surface area (Å²) in [5.74, 6) is 0.896. The first-order chi connectivity index (χ1) is 10.2. The zero-order chi connectivity index (χ0) is 15.2. The third-order valence-corrected chi connectivity index (χ3v) is 3.91. The maximum atomic E-state index is 11.3. The van der Waals surface area contributed by atoms with Gasteiger partial charge in [0.15, 0.2) is 0 Å². The molecule has 0 radical (unpaired) electrons. The zero-order valence-corrected chi connectivity index (χ0v) is 12.7. The van der Waals surface area contributed by atoms with Crippen molar-refractivity contribution < 1.29 is 4.92 Å². The monoisotopic (exact) mass is 293 g/mol. The molecule has 1 aromatic heterocycles. The largest absolute Gasteiger partial charge is 0.354 e. The number of nitro groups is 1. The van der Waals surface area contributed by atoms with Crippen LogP contribution >= 0.6 is 0 Å². The first-order valence-electron chi connectivity index (χ1n) is 7.69. The lowest BCUT2D eigenvalue weighted by atomic mass is 9.94. The summed E-state index contributed by atoms with van der Waals surface area (Å²) in [4.78, 5) is 21.4. The van der Waals surface area contributed by atoms with Crippen LogP contribution in [0.4, 0.5) is 17.5 Å². The lowest BCUT2D eigenvalue weighted by molar-refractivity contribution is -0.384. The molecule has 0 bridgehead atoms. The average molecular weight is 293 g/mol. The van der Waals surface area contributed by atoms with Gasteiger partial charge in [0.25, 0.3) is 0 Å². The molecule has 1 aromatic rings. The molecule has 7 nitrogen and oxygen atoms in total. The fraction of sp³-hybridized carbons (Fsp3) is 0.714.